The molecule has 4 heteroatoms. The SMILES string of the molecule is CCOCCC(C)C(O)C(=O)OC. The van der Waals surface area contributed by atoms with Crippen LogP contribution >= 0.6 is 0 Å². The van der Waals surface area contributed by atoms with Gasteiger partial charge in [-0.1, -0.05) is 6.92 Å². The first-order valence-corrected chi connectivity index (χ1v) is 4.47. The molecule has 78 valence electrons. The summed E-state index contributed by atoms with van der Waals surface area (Å²) in [6.45, 7) is 4.91. The lowest BCUT2D eigenvalue weighted by atomic mass is 10.0. The minimum atomic E-state index is -1.04. The highest BCUT2D eigenvalue weighted by Crippen LogP contribution is 2.09. The fourth-order valence-electron chi connectivity index (χ4n) is 0.924. The van der Waals surface area contributed by atoms with Gasteiger partial charge in [0.05, 0.1) is 7.11 Å². The number of carbonyl (C=O) groups excluding carboxylic acids is 1. The van der Waals surface area contributed by atoms with E-state index in [4.69, 9.17) is 4.74 Å². The largest absolute Gasteiger partial charge is 0.467 e. The van der Waals surface area contributed by atoms with Crippen molar-refractivity contribution >= 4 is 5.97 Å². The van der Waals surface area contributed by atoms with E-state index in [0.717, 1.165) is 0 Å². The zero-order valence-electron chi connectivity index (χ0n) is 8.45. The van der Waals surface area contributed by atoms with Gasteiger partial charge < -0.3 is 14.6 Å². The van der Waals surface area contributed by atoms with Crippen LogP contribution in [0.1, 0.15) is 20.3 Å². The van der Waals surface area contributed by atoms with Gasteiger partial charge in [-0.2, -0.15) is 0 Å². The van der Waals surface area contributed by atoms with Crippen molar-refractivity contribution in [3.8, 4) is 0 Å². The molecule has 0 spiro atoms. The molecule has 0 saturated carbocycles. The number of ether oxygens (including phenoxy) is 2. The molecule has 2 unspecified atom stereocenters. The van der Waals surface area contributed by atoms with Crippen LogP contribution in [0.4, 0.5) is 0 Å². The van der Waals surface area contributed by atoms with Crippen molar-refractivity contribution in [3.05, 3.63) is 0 Å². The van der Waals surface area contributed by atoms with Crippen LogP contribution in [0.15, 0.2) is 0 Å². The molecule has 4 nitrogen and oxygen atoms in total. The molecule has 0 fully saturated rings. The van der Waals surface area contributed by atoms with Crippen LogP contribution < -0.4 is 0 Å². The molecule has 2 atom stereocenters. The molecule has 0 saturated heterocycles. The molecule has 0 aromatic rings. The third-order valence-corrected chi connectivity index (χ3v) is 1.90. The molecule has 0 bridgehead atoms. The van der Waals surface area contributed by atoms with Crippen molar-refractivity contribution in [2.45, 2.75) is 26.4 Å². The lowest BCUT2D eigenvalue weighted by Crippen LogP contribution is -2.29. The third kappa shape index (κ3) is 4.85. The first kappa shape index (κ1) is 12.4. The number of esters is 1. The number of hydrogen-bond donors (Lipinski definition) is 1. The van der Waals surface area contributed by atoms with Crippen molar-refractivity contribution in [2.24, 2.45) is 5.92 Å². The quantitative estimate of drug-likeness (QED) is 0.492. The summed E-state index contributed by atoms with van der Waals surface area (Å²) in [5.41, 5.74) is 0. The zero-order chi connectivity index (χ0) is 10.3. The second-order valence-electron chi connectivity index (χ2n) is 2.93. The van der Waals surface area contributed by atoms with Crippen molar-refractivity contribution in [2.75, 3.05) is 20.3 Å². The normalized spacial score (nSPS) is 15.1. The highest BCUT2D eigenvalue weighted by atomic mass is 16.5. The molecule has 0 aliphatic heterocycles. The van der Waals surface area contributed by atoms with Gasteiger partial charge in [-0.25, -0.2) is 4.79 Å². The summed E-state index contributed by atoms with van der Waals surface area (Å²) in [7, 11) is 1.26. The number of aliphatic hydroxyl groups is 1. The Hall–Kier alpha value is -0.610. The van der Waals surface area contributed by atoms with E-state index in [0.29, 0.717) is 19.6 Å². The van der Waals surface area contributed by atoms with E-state index in [-0.39, 0.29) is 5.92 Å². The Balaban J connectivity index is 3.68. The lowest BCUT2D eigenvalue weighted by molar-refractivity contribution is -0.153. The highest BCUT2D eigenvalue weighted by Gasteiger charge is 2.22. The Kier molecular flexibility index (Phi) is 6.54. The minimum Gasteiger partial charge on any atom is -0.467 e. The van der Waals surface area contributed by atoms with Crippen LogP contribution in [0.5, 0.6) is 0 Å². The molecule has 0 aliphatic carbocycles. The van der Waals surface area contributed by atoms with Crippen LogP contribution in [0.2, 0.25) is 0 Å². The van der Waals surface area contributed by atoms with Gasteiger partial charge in [-0.3, -0.25) is 0 Å². The highest BCUT2D eigenvalue weighted by molar-refractivity contribution is 5.74. The molecule has 13 heavy (non-hydrogen) atoms. The lowest BCUT2D eigenvalue weighted by Gasteiger charge is -2.15. The van der Waals surface area contributed by atoms with E-state index in [1.807, 2.05) is 6.92 Å². The second-order valence-corrected chi connectivity index (χ2v) is 2.93. The number of methoxy groups -OCH3 is 1. The third-order valence-electron chi connectivity index (χ3n) is 1.90. The van der Waals surface area contributed by atoms with Gasteiger partial charge in [0.2, 0.25) is 0 Å². The van der Waals surface area contributed by atoms with Crippen LogP contribution in [0, 0.1) is 5.92 Å². The Morgan fingerprint density at radius 1 is 1.54 bits per heavy atom. The summed E-state index contributed by atoms with van der Waals surface area (Å²) in [6, 6.07) is 0. The summed E-state index contributed by atoms with van der Waals surface area (Å²) < 4.78 is 9.51. The van der Waals surface area contributed by atoms with Gasteiger partial charge in [0, 0.05) is 13.2 Å². The number of carbonyl (C=O) groups is 1. The molecule has 0 rings (SSSR count). The summed E-state index contributed by atoms with van der Waals surface area (Å²) in [5.74, 6) is -0.706. The van der Waals surface area contributed by atoms with Crippen molar-refractivity contribution in [1.29, 1.82) is 0 Å². The van der Waals surface area contributed by atoms with Gasteiger partial charge in [0.1, 0.15) is 0 Å². The molecule has 0 aromatic heterocycles. The van der Waals surface area contributed by atoms with E-state index >= 15 is 0 Å². The van der Waals surface area contributed by atoms with Gasteiger partial charge >= 0.3 is 5.97 Å². The molecular formula is C9H18O4. The first-order chi connectivity index (χ1) is 6.13. The Bertz CT molecular complexity index is 147. The minimum absolute atomic E-state index is 0.126. The van der Waals surface area contributed by atoms with Crippen LogP contribution in [0.3, 0.4) is 0 Å². The molecule has 0 aromatic carbocycles. The van der Waals surface area contributed by atoms with Crippen LogP contribution in [0.25, 0.3) is 0 Å². The zero-order valence-corrected chi connectivity index (χ0v) is 8.45. The fraction of sp³-hybridized carbons (Fsp3) is 0.889. The van der Waals surface area contributed by atoms with Gasteiger partial charge in [-0.05, 0) is 19.3 Å². The molecule has 0 aliphatic rings. The van der Waals surface area contributed by atoms with Gasteiger partial charge in [-0.15, -0.1) is 0 Å². The van der Waals surface area contributed by atoms with Crippen LogP contribution in [-0.2, 0) is 14.3 Å². The maximum absolute atomic E-state index is 10.9. The number of rotatable bonds is 6. The van der Waals surface area contributed by atoms with Crippen molar-refractivity contribution < 1.29 is 19.4 Å². The summed E-state index contributed by atoms with van der Waals surface area (Å²) in [5, 5.41) is 9.36. The van der Waals surface area contributed by atoms with Crippen molar-refractivity contribution in [3.63, 3.8) is 0 Å². The van der Waals surface area contributed by atoms with Crippen molar-refractivity contribution in [1.82, 2.24) is 0 Å². The van der Waals surface area contributed by atoms with E-state index in [2.05, 4.69) is 4.74 Å². The van der Waals surface area contributed by atoms with E-state index < -0.39 is 12.1 Å². The smallest absolute Gasteiger partial charge is 0.334 e. The molecule has 1 N–H and O–H groups in total. The average Bonchev–Trinajstić information content (AvgIpc) is 2.15. The van der Waals surface area contributed by atoms with Crippen LogP contribution in [-0.4, -0.2) is 37.5 Å². The second kappa shape index (κ2) is 6.86. The predicted molar refractivity (Wildman–Crippen MR) is 48.3 cm³/mol. The fourth-order valence-corrected chi connectivity index (χ4v) is 0.924. The summed E-state index contributed by atoms with van der Waals surface area (Å²) in [4.78, 5) is 10.9. The molecule has 0 amide bonds. The standard InChI is InChI=1S/C9H18O4/c1-4-13-6-5-7(2)8(10)9(11)12-3/h7-8,10H,4-6H2,1-3H3. The Labute approximate surface area is 78.8 Å². The monoisotopic (exact) mass is 190 g/mol. The van der Waals surface area contributed by atoms with E-state index in [1.54, 1.807) is 6.92 Å². The maximum atomic E-state index is 10.9. The average molecular weight is 190 g/mol. The first-order valence-electron chi connectivity index (χ1n) is 4.47. The molecule has 0 radical (unpaired) electrons. The summed E-state index contributed by atoms with van der Waals surface area (Å²) >= 11 is 0. The number of aliphatic hydroxyl groups excluding tert-OH is 1. The van der Waals surface area contributed by atoms with Gasteiger partial charge in [0.25, 0.3) is 0 Å². The molecule has 0 heterocycles. The Morgan fingerprint density at radius 3 is 2.62 bits per heavy atom. The predicted octanol–water partition coefficient (Wildman–Crippen LogP) is 0.583. The Morgan fingerprint density at radius 2 is 2.15 bits per heavy atom. The number of hydrogen-bond acceptors (Lipinski definition) is 4. The van der Waals surface area contributed by atoms with E-state index in [1.165, 1.54) is 7.11 Å². The summed E-state index contributed by atoms with van der Waals surface area (Å²) in [6.07, 6.45) is -0.380. The van der Waals surface area contributed by atoms with Gasteiger partial charge in [0.15, 0.2) is 6.10 Å². The topological polar surface area (TPSA) is 55.8 Å². The van der Waals surface area contributed by atoms with E-state index in [9.17, 15) is 9.90 Å². The molecular weight excluding hydrogens is 172 g/mol. The maximum Gasteiger partial charge on any atom is 0.334 e.